The van der Waals surface area contributed by atoms with Crippen LogP contribution in [-0.2, 0) is 6.61 Å². The fourth-order valence-corrected chi connectivity index (χ4v) is 4.08. The molecule has 0 N–H and O–H groups in total. The molecule has 8 nitrogen and oxygen atoms in total. The third-order valence-electron chi connectivity index (χ3n) is 5.05. The molecular formula is C23H24N4O4S. The molecule has 0 saturated heterocycles. The number of ketones is 1. The second-order valence-electron chi connectivity index (χ2n) is 7.65. The van der Waals surface area contributed by atoms with Gasteiger partial charge in [-0.2, -0.15) is 0 Å². The molecule has 3 aromatic heterocycles. The van der Waals surface area contributed by atoms with Crippen molar-refractivity contribution in [1.29, 1.82) is 0 Å². The van der Waals surface area contributed by atoms with Crippen LogP contribution in [0.3, 0.4) is 0 Å². The zero-order chi connectivity index (χ0) is 22.8. The lowest BCUT2D eigenvalue weighted by atomic mass is 10.1. The number of thioether (sulfide) groups is 1. The van der Waals surface area contributed by atoms with E-state index in [1.807, 2.05) is 69.5 Å². The Bertz CT molecular complexity index is 1270. The van der Waals surface area contributed by atoms with Crippen LogP contribution in [0.2, 0.25) is 0 Å². The molecule has 1 aromatic carbocycles. The largest absolute Gasteiger partial charge is 0.484 e. The Morgan fingerprint density at radius 2 is 1.91 bits per heavy atom. The summed E-state index contributed by atoms with van der Waals surface area (Å²) in [5, 5.41) is 12.4. The van der Waals surface area contributed by atoms with Crippen molar-refractivity contribution in [3.63, 3.8) is 0 Å². The summed E-state index contributed by atoms with van der Waals surface area (Å²) >= 11 is 1.21. The van der Waals surface area contributed by atoms with E-state index in [1.54, 1.807) is 0 Å². The number of hydrogen-bond acceptors (Lipinski definition) is 8. The lowest BCUT2D eigenvalue weighted by Crippen LogP contribution is -2.05. The predicted octanol–water partition coefficient (Wildman–Crippen LogP) is 4.94. The predicted molar refractivity (Wildman–Crippen MR) is 120 cm³/mol. The third-order valence-corrected chi connectivity index (χ3v) is 5.86. The Morgan fingerprint density at radius 1 is 1.09 bits per heavy atom. The van der Waals surface area contributed by atoms with Crippen molar-refractivity contribution in [3.8, 4) is 11.6 Å². The van der Waals surface area contributed by atoms with Gasteiger partial charge in [0.2, 0.25) is 0 Å². The summed E-state index contributed by atoms with van der Waals surface area (Å²) in [4.78, 5) is 12.8. The van der Waals surface area contributed by atoms with Crippen molar-refractivity contribution < 1.29 is 18.5 Å². The van der Waals surface area contributed by atoms with Crippen molar-refractivity contribution in [3.05, 3.63) is 70.1 Å². The zero-order valence-electron chi connectivity index (χ0n) is 18.6. The Labute approximate surface area is 190 Å². The van der Waals surface area contributed by atoms with Crippen molar-refractivity contribution in [2.24, 2.45) is 0 Å². The molecule has 32 heavy (non-hydrogen) atoms. The minimum Gasteiger partial charge on any atom is -0.484 e. The van der Waals surface area contributed by atoms with E-state index >= 15 is 0 Å². The smallest absolute Gasteiger partial charge is 0.277 e. The lowest BCUT2D eigenvalue weighted by Gasteiger charge is -2.07. The van der Waals surface area contributed by atoms with E-state index in [-0.39, 0.29) is 18.1 Å². The standard InChI is InChI=1S/C23H24N4O4S/c1-13-6-7-14(2)20(8-13)29-11-22-24-25-23(30-22)32-12-19(28)18-9-15(3)27(17(18)5)21-10-16(4)31-26-21/h6-10H,11-12H2,1-5H3. The summed E-state index contributed by atoms with van der Waals surface area (Å²) in [6.07, 6.45) is 0. The number of nitrogens with zero attached hydrogens (tertiary/aromatic N) is 4. The van der Waals surface area contributed by atoms with E-state index in [4.69, 9.17) is 13.7 Å². The van der Waals surface area contributed by atoms with Gasteiger partial charge in [0.05, 0.1) is 5.75 Å². The van der Waals surface area contributed by atoms with E-state index in [0.29, 0.717) is 28.3 Å². The Kier molecular flexibility index (Phi) is 6.18. The maximum atomic E-state index is 12.8. The quantitative estimate of drug-likeness (QED) is 0.274. The number of hydrogen-bond donors (Lipinski definition) is 0. The topological polar surface area (TPSA) is 96.2 Å². The number of ether oxygens (including phenoxy) is 1. The summed E-state index contributed by atoms with van der Waals surface area (Å²) in [5.41, 5.74) is 4.51. The molecule has 0 aliphatic heterocycles. The van der Waals surface area contributed by atoms with Crippen LogP contribution in [0.25, 0.3) is 5.82 Å². The van der Waals surface area contributed by atoms with Crippen LogP contribution in [0.15, 0.2) is 44.5 Å². The van der Waals surface area contributed by atoms with Crippen molar-refractivity contribution >= 4 is 17.5 Å². The summed E-state index contributed by atoms with van der Waals surface area (Å²) in [6.45, 7) is 9.82. The Morgan fingerprint density at radius 3 is 2.66 bits per heavy atom. The fraction of sp³-hybridized carbons (Fsp3) is 0.304. The van der Waals surface area contributed by atoms with E-state index in [9.17, 15) is 4.79 Å². The molecule has 0 amide bonds. The average Bonchev–Trinajstić information content (AvgIpc) is 3.46. The van der Waals surface area contributed by atoms with Gasteiger partial charge in [-0.25, -0.2) is 0 Å². The molecular weight excluding hydrogens is 428 g/mol. The van der Waals surface area contributed by atoms with E-state index in [2.05, 4.69) is 15.4 Å². The van der Waals surface area contributed by atoms with Crippen LogP contribution in [0.5, 0.6) is 5.75 Å². The van der Waals surface area contributed by atoms with Crippen LogP contribution in [0, 0.1) is 34.6 Å². The molecule has 0 bridgehead atoms. The summed E-state index contributed by atoms with van der Waals surface area (Å²) in [6, 6.07) is 9.70. The monoisotopic (exact) mass is 452 g/mol. The number of aromatic nitrogens is 4. The van der Waals surface area contributed by atoms with Gasteiger partial charge < -0.3 is 13.7 Å². The number of Topliss-reactive ketones (excluding diaryl/α,β-unsaturated/α-hetero) is 1. The maximum absolute atomic E-state index is 12.8. The highest BCUT2D eigenvalue weighted by Gasteiger charge is 2.19. The van der Waals surface area contributed by atoms with Gasteiger partial charge in [0.1, 0.15) is 11.5 Å². The number of benzene rings is 1. The van der Waals surface area contributed by atoms with Gasteiger partial charge in [-0.15, -0.1) is 10.2 Å². The van der Waals surface area contributed by atoms with Crippen LogP contribution in [0.1, 0.15) is 44.5 Å². The molecule has 0 radical (unpaired) electrons. The Hall–Kier alpha value is -3.33. The molecule has 4 rings (SSSR count). The van der Waals surface area contributed by atoms with E-state index in [1.165, 1.54) is 11.8 Å². The molecule has 0 fully saturated rings. The molecule has 0 spiro atoms. The first kappa shape index (κ1) is 21.9. The molecule has 3 heterocycles. The van der Waals surface area contributed by atoms with Crippen molar-refractivity contribution in [2.75, 3.05) is 5.75 Å². The number of rotatable bonds is 8. The van der Waals surface area contributed by atoms with Gasteiger partial charge in [0.15, 0.2) is 18.2 Å². The Balaban J connectivity index is 1.38. The number of aryl methyl sites for hydroxylation is 4. The summed E-state index contributed by atoms with van der Waals surface area (Å²) in [7, 11) is 0. The molecule has 9 heteroatoms. The van der Waals surface area contributed by atoms with E-state index < -0.39 is 0 Å². The highest BCUT2D eigenvalue weighted by Crippen LogP contribution is 2.25. The lowest BCUT2D eigenvalue weighted by molar-refractivity contribution is 0.102. The number of carbonyl (C=O) groups is 1. The van der Waals surface area contributed by atoms with Gasteiger partial charge in [0.25, 0.3) is 11.1 Å². The molecule has 0 aliphatic rings. The normalized spacial score (nSPS) is 11.2. The molecule has 4 aromatic rings. The zero-order valence-corrected chi connectivity index (χ0v) is 19.4. The second kappa shape index (κ2) is 9.04. The molecule has 0 atom stereocenters. The summed E-state index contributed by atoms with van der Waals surface area (Å²) in [5.74, 6) is 2.67. The maximum Gasteiger partial charge on any atom is 0.277 e. The first-order valence-corrected chi connectivity index (χ1v) is 11.1. The molecule has 0 unspecified atom stereocenters. The first-order chi connectivity index (χ1) is 15.3. The van der Waals surface area contributed by atoms with Gasteiger partial charge in [-0.3, -0.25) is 9.36 Å². The van der Waals surface area contributed by atoms with Gasteiger partial charge in [0, 0.05) is 23.0 Å². The minimum absolute atomic E-state index is 0.0269. The highest BCUT2D eigenvalue weighted by atomic mass is 32.2. The van der Waals surface area contributed by atoms with Crippen LogP contribution in [0.4, 0.5) is 0 Å². The third kappa shape index (κ3) is 4.62. The van der Waals surface area contributed by atoms with Gasteiger partial charge >= 0.3 is 0 Å². The minimum atomic E-state index is -0.0269. The van der Waals surface area contributed by atoms with Crippen molar-refractivity contribution in [2.45, 2.75) is 46.4 Å². The number of carbonyl (C=O) groups excluding carboxylic acids is 1. The van der Waals surface area contributed by atoms with Crippen molar-refractivity contribution in [1.82, 2.24) is 19.9 Å². The average molecular weight is 453 g/mol. The van der Waals surface area contributed by atoms with Crippen LogP contribution >= 0.6 is 11.8 Å². The molecule has 166 valence electrons. The van der Waals surface area contributed by atoms with E-state index in [0.717, 1.165) is 28.3 Å². The highest BCUT2D eigenvalue weighted by molar-refractivity contribution is 7.99. The second-order valence-corrected chi connectivity index (χ2v) is 8.57. The van der Waals surface area contributed by atoms with Gasteiger partial charge in [-0.1, -0.05) is 29.1 Å². The fourth-order valence-electron chi connectivity index (χ4n) is 3.42. The molecule has 0 aliphatic carbocycles. The first-order valence-electron chi connectivity index (χ1n) is 10.1. The molecule has 0 saturated carbocycles. The van der Waals surface area contributed by atoms with Gasteiger partial charge in [-0.05, 0) is 57.9 Å². The SMILES string of the molecule is Cc1ccc(C)c(OCc2nnc(SCC(=O)c3cc(C)n(-c4cc(C)on4)c3C)o2)c1. The van der Waals surface area contributed by atoms with Crippen LogP contribution in [-0.4, -0.2) is 31.5 Å². The van der Waals surface area contributed by atoms with Crippen LogP contribution < -0.4 is 4.74 Å². The summed E-state index contributed by atoms with van der Waals surface area (Å²) < 4.78 is 18.5.